The minimum atomic E-state index is -0.741. The molecule has 9 nitrogen and oxygen atoms in total. The zero-order valence-electron chi connectivity index (χ0n) is 19.1. The Morgan fingerprint density at radius 2 is 1.82 bits per heavy atom. The Labute approximate surface area is 196 Å². The van der Waals surface area contributed by atoms with Crippen LogP contribution in [0.5, 0.6) is 0 Å². The molecule has 0 saturated carbocycles. The number of aromatic nitrogens is 2. The van der Waals surface area contributed by atoms with Crippen molar-refractivity contribution >= 4 is 35.0 Å². The molecule has 3 amide bonds. The molecule has 2 aromatic carbocycles. The molecule has 1 heterocycles. The predicted molar refractivity (Wildman–Crippen MR) is 126 cm³/mol. The first kappa shape index (κ1) is 24.4. The number of nitrogens with zero attached hydrogens (tertiary/aromatic N) is 2. The normalized spacial score (nSPS) is 10.9. The molecule has 0 fully saturated rings. The molecule has 0 aliphatic rings. The van der Waals surface area contributed by atoms with E-state index in [9.17, 15) is 18.8 Å². The Hall–Kier alpha value is -4.21. The Bertz CT molecular complexity index is 1170. The summed E-state index contributed by atoms with van der Waals surface area (Å²) in [7, 11) is 0. The van der Waals surface area contributed by atoms with E-state index in [1.54, 1.807) is 62.3 Å². The van der Waals surface area contributed by atoms with Gasteiger partial charge in [0.25, 0.3) is 5.91 Å². The van der Waals surface area contributed by atoms with Crippen molar-refractivity contribution in [3.63, 3.8) is 0 Å². The minimum absolute atomic E-state index is 0.0608. The maximum absolute atomic E-state index is 13.8. The van der Waals surface area contributed by atoms with Crippen molar-refractivity contribution in [2.24, 2.45) is 0 Å². The molecule has 0 radical (unpaired) electrons. The molecule has 0 aliphatic carbocycles. The number of benzene rings is 2. The minimum Gasteiger partial charge on any atom is -0.444 e. The van der Waals surface area contributed by atoms with Crippen molar-refractivity contribution < 1.29 is 23.5 Å². The third-order valence-corrected chi connectivity index (χ3v) is 4.43. The molecule has 0 unspecified atom stereocenters. The fraction of sp³-hybridized carbons (Fsp3) is 0.250. The second-order valence-corrected chi connectivity index (χ2v) is 8.45. The average Bonchev–Trinajstić information content (AvgIpc) is 3.27. The lowest BCUT2D eigenvalue weighted by Crippen LogP contribution is -2.27. The van der Waals surface area contributed by atoms with Gasteiger partial charge in [-0.3, -0.25) is 14.9 Å². The summed E-state index contributed by atoms with van der Waals surface area (Å²) in [4.78, 5) is 41.1. The number of anilines is 3. The number of hydrogen-bond acceptors (Lipinski definition) is 5. The van der Waals surface area contributed by atoms with E-state index in [4.69, 9.17) is 4.74 Å². The van der Waals surface area contributed by atoms with Gasteiger partial charge in [-0.1, -0.05) is 6.07 Å². The molecule has 0 bridgehead atoms. The van der Waals surface area contributed by atoms with Crippen LogP contribution < -0.4 is 16.0 Å². The average molecular weight is 468 g/mol. The number of hydrogen-bond donors (Lipinski definition) is 3. The molecular formula is C24H26FN5O4. The molecule has 0 aliphatic heterocycles. The number of amides is 3. The van der Waals surface area contributed by atoms with Gasteiger partial charge in [0.05, 0.1) is 17.7 Å². The van der Waals surface area contributed by atoms with Crippen LogP contribution in [0, 0.1) is 5.82 Å². The van der Waals surface area contributed by atoms with Crippen molar-refractivity contribution in [3.8, 4) is 0 Å². The Morgan fingerprint density at radius 1 is 1.03 bits per heavy atom. The van der Waals surface area contributed by atoms with Gasteiger partial charge in [-0.2, -0.15) is 0 Å². The molecular weight excluding hydrogens is 441 g/mol. The van der Waals surface area contributed by atoms with E-state index >= 15 is 0 Å². The molecule has 34 heavy (non-hydrogen) atoms. The molecule has 1 aromatic heterocycles. The fourth-order valence-corrected chi connectivity index (χ4v) is 2.95. The van der Waals surface area contributed by atoms with Crippen molar-refractivity contribution in [2.45, 2.75) is 39.3 Å². The van der Waals surface area contributed by atoms with Gasteiger partial charge in [-0.25, -0.2) is 14.2 Å². The van der Waals surface area contributed by atoms with Crippen LogP contribution in [0.25, 0.3) is 0 Å². The lowest BCUT2D eigenvalue weighted by Gasteiger charge is -2.20. The summed E-state index contributed by atoms with van der Waals surface area (Å²) in [5.41, 5.74) is 0.185. The van der Waals surface area contributed by atoms with E-state index in [0.717, 1.165) is 12.1 Å². The van der Waals surface area contributed by atoms with Gasteiger partial charge in [0.15, 0.2) is 0 Å². The van der Waals surface area contributed by atoms with Crippen LogP contribution >= 0.6 is 0 Å². The van der Waals surface area contributed by atoms with Gasteiger partial charge in [0.1, 0.15) is 11.4 Å². The van der Waals surface area contributed by atoms with Crippen LogP contribution in [-0.2, 0) is 16.1 Å². The first-order valence-corrected chi connectivity index (χ1v) is 10.6. The summed E-state index contributed by atoms with van der Waals surface area (Å²) in [6.07, 6.45) is 4.51. The van der Waals surface area contributed by atoms with Crippen LogP contribution in [0.15, 0.2) is 61.2 Å². The summed E-state index contributed by atoms with van der Waals surface area (Å²) in [5.74, 6) is -1.36. The molecule has 0 spiro atoms. The summed E-state index contributed by atoms with van der Waals surface area (Å²) in [6, 6.07) is 9.90. The van der Waals surface area contributed by atoms with Crippen molar-refractivity contribution in [3.05, 3.63) is 72.6 Å². The van der Waals surface area contributed by atoms with Crippen molar-refractivity contribution in [1.82, 2.24) is 9.55 Å². The number of carbonyl (C=O) groups is 3. The van der Waals surface area contributed by atoms with Crippen LogP contribution in [0.3, 0.4) is 0 Å². The number of aryl methyl sites for hydroxylation is 1. The second-order valence-electron chi connectivity index (χ2n) is 8.45. The molecule has 0 saturated heterocycles. The third kappa shape index (κ3) is 7.44. The van der Waals surface area contributed by atoms with Gasteiger partial charge in [-0.15, -0.1) is 0 Å². The van der Waals surface area contributed by atoms with E-state index in [2.05, 4.69) is 20.9 Å². The van der Waals surface area contributed by atoms with Gasteiger partial charge in [0, 0.05) is 36.6 Å². The number of ether oxygens (including phenoxy) is 1. The standard InChI is InChI=1S/C24H26FN5O4/c1-24(2,3)34-23(33)29-19-8-7-17(25)14-20(19)28-22(32)16-5-4-6-18(13-16)27-21(31)9-11-30-12-10-26-15-30/h4-8,10,12-15H,9,11H2,1-3H3,(H,27,31)(H,28,32)(H,29,33). The quantitative estimate of drug-likeness (QED) is 0.468. The summed E-state index contributed by atoms with van der Waals surface area (Å²) >= 11 is 0. The number of carbonyl (C=O) groups excluding carboxylic acids is 3. The zero-order valence-corrected chi connectivity index (χ0v) is 19.1. The van der Waals surface area contributed by atoms with E-state index in [-0.39, 0.29) is 29.3 Å². The highest BCUT2D eigenvalue weighted by Crippen LogP contribution is 2.25. The molecule has 3 rings (SSSR count). The maximum Gasteiger partial charge on any atom is 0.412 e. The van der Waals surface area contributed by atoms with Gasteiger partial charge >= 0.3 is 6.09 Å². The highest BCUT2D eigenvalue weighted by Gasteiger charge is 2.18. The third-order valence-electron chi connectivity index (χ3n) is 4.43. The van der Waals surface area contributed by atoms with Crippen molar-refractivity contribution in [2.75, 3.05) is 16.0 Å². The number of imidazole rings is 1. The van der Waals surface area contributed by atoms with Gasteiger partial charge < -0.3 is 19.9 Å². The largest absolute Gasteiger partial charge is 0.444 e. The Kier molecular flexibility index (Phi) is 7.62. The number of rotatable bonds is 7. The smallest absolute Gasteiger partial charge is 0.412 e. The Morgan fingerprint density at radius 3 is 2.53 bits per heavy atom. The van der Waals surface area contributed by atoms with E-state index < -0.39 is 23.4 Å². The zero-order chi connectivity index (χ0) is 24.7. The number of nitrogens with one attached hydrogen (secondary N) is 3. The van der Waals surface area contributed by atoms with E-state index in [0.29, 0.717) is 12.2 Å². The van der Waals surface area contributed by atoms with E-state index in [1.807, 2.05) is 0 Å². The highest BCUT2D eigenvalue weighted by molar-refractivity contribution is 6.07. The molecule has 3 aromatic rings. The van der Waals surface area contributed by atoms with Crippen LogP contribution in [0.2, 0.25) is 0 Å². The lowest BCUT2D eigenvalue weighted by atomic mass is 10.1. The summed E-state index contributed by atoms with van der Waals surface area (Å²) in [6.45, 7) is 5.61. The first-order chi connectivity index (χ1) is 16.1. The monoisotopic (exact) mass is 467 g/mol. The molecule has 0 atom stereocenters. The fourth-order valence-electron chi connectivity index (χ4n) is 2.95. The summed E-state index contributed by atoms with van der Waals surface area (Å²) in [5, 5.41) is 7.84. The van der Waals surface area contributed by atoms with E-state index in [1.165, 1.54) is 12.1 Å². The molecule has 10 heteroatoms. The summed E-state index contributed by atoms with van der Waals surface area (Å²) < 4.78 is 20.8. The molecule has 178 valence electrons. The van der Waals surface area contributed by atoms with Crippen molar-refractivity contribution in [1.29, 1.82) is 0 Å². The SMILES string of the molecule is CC(C)(C)OC(=O)Nc1ccc(F)cc1NC(=O)c1cccc(NC(=O)CCn2ccnc2)c1. The highest BCUT2D eigenvalue weighted by atomic mass is 19.1. The maximum atomic E-state index is 13.8. The topological polar surface area (TPSA) is 114 Å². The predicted octanol–water partition coefficient (Wildman–Crippen LogP) is 4.65. The lowest BCUT2D eigenvalue weighted by molar-refractivity contribution is -0.116. The van der Waals surface area contributed by atoms with Gasteiger partial charge in [0.2, 0.25) is 5.91 Å². The van der Waals surface area contributed by atoms with Crippen LogP contribution in [0.4, 0.5) is 26.2 Å². The second kappa shape index (κ2) is 10.6. The Balaban J connectivity index is 1.66. The van der Waals surface area contributed by atoms with Crippen LogP contribution in [-0.4, -0.2) is 33.1 Å². The van der Waals surface area contributed by atoms with Gasteiger partial charge in [-0.05, 0) is 57.2 Å². The van der Waals surface area contributed by atoms with Crippen LogP contribution in [0.1, 0.15) is 37.6 Å². The first-order valence-electron chi connectivity index (χ1n) is 10.6. The number of halogens is 1. The molecule has 3 N–H and O–H groups in total.